The fourth-order valence-electron chi connectivity index (χ4n) is 5.56. The van der Waals surface area contributed by atoms with E-state index in [-0.39, 0.29) is 41.9 Å². The van der Waals surface area contributed by atoms with Crippen molar-refractivity contribution in [1.82, 2.24) is 0 Å². The van der Waals surface area contributed by atoms with Crippen LogP contribution in [0.25, 0.3) is 0 Å². The Balaban J connectivity index is 0. The number of hydrogen-bond acceptors (Lipinski definition) is 6. The normalized spacial score (nSPS) is 13.7. The monoisotopic (exact) mass is 667 g/mol. The van der Waals surface area contributed by atoms with Crippen molar-refractivity contribution in [3.8, 4) is 0 Å². The Kier molecular flexibility index (Phi) is 37.0. The van der Waals surface area contributed by atoms with E-state index < -0.39 is 29.2 Å². The van der Waals surface area contributed by atoms with Gasteiger partial charge in [0.1, 0.15) is 6.04 Å². The Morgan fingerprint density at radius 2 is 1.02 bits per heavy atom. The Hall–Kier alpha value is 0.0400. The molecule has 7 nitrogen and oxygen atoms in total. The molecule has 0 aromatic heterocycles. The van der Waals surface area contributed by atoms with Crippen LogP contribution in [0.5, 0.6) is 0 Å². The molecular formula is C36H70NNaO6S. The van der Waals surface area contributed by atoms with E-state index in [1.165, 1.54) is 135 Å². The molecule has 0 spiro atoms. The summed E-state index contributed by atoms with van der Waals surface area (Å²) in [6.45, 7) is 3.92. The van der Waals surface area contributed by atoms with Gasteiger partial charge < -0.3 is 10.2 Å². The minimum absolute atomic E-state index is 0. The van der Waals surface area contributed by atoms with Gasteiger partial charge in [-0.1, -0.05) is 180 Å². The molecular weight excluding hydrogens is 597 g/mol. The Labute approximate surface area is 301 Å². The zero-order chi connectivity index (χ0) is 32.6. The van der Waals surface area contributed by atoms with Gasteiger partial charge in [0.25, 0.3) is 0 Å². The Morgan fingerprint density at radius 3 is 1.40 bits per heavy atom. The van der Waals surface area contributed by atoms with E-state index >= 15 is 0 Å². The number of aliphatic hydroxyl groups excluding tert-OH is 1. The van der Waals surface area contributed by atoms with Crippen molar-refractivity contribution in [2.75, 3.05) is 6.61 Å². The van der Waals surface area contributed by atoms with E-state index in [2.05, 4.69) is 23.0 Å². The molecule has 262 valence electrons. The van der Waals surface area contributed by atoms with E-state index in [1.54, 1.807) is 6.08 Å². The molecule has 0 saturated carbocycles. The maximum atomic E-state index is 12.4. The molecule has 0 saturated heterocycles. The fraction of sp³-hybridized carbons (Fsp3) is 0.917. The number of nitrogens with zero attached hydrogens (tertiary/aromatic N) is 1. The number of hydrogen-bond donors (Lipinski definition) is 2. The van der Waals surface area contributed by atoms with Crippen molar-refractivity contribution >= 4 is 16.3 Å². The molecule has 45 heavy (non-hydrogen) atoms. The fourth-order valence-corrected chi connectivity index (χ4v) is 5.87. The van der Waals surface area contributed by atoms with Gasteiger partial charge in [-0.15, -0.1) is 0 Å². The van der Waals surface area contributed by atoms with Crippen LogP contribution in [0, 0.1) is 0 Å². The first-order valence-corrected chi connectivity index (χ1v) is 19.9. The van der Waals surface area contributed by atoms with Gasteiger partial charge >= 0.3 is 40.0 Å². The van der Waals surface area contributed by atoms with Gasteiger partial charge in [0.2, 0.25) is 0 Å². The van der Waals surface area contributed by atoms with Crippen LogP contribution in [0.1, 0.15) is 194 Å². The van der Waals surface area contributed by atoms with Crippen molar-refractivity contribution in [2.24, 2.45) is 4.99 Å². The van der Waals surface area contributed by atoms with Crippen LogP contribution in [0.2, 0.25) is 0 Å². The molecule has 0 aliphatic carbocycles. The van der Waals surface area contributed by atoms with Gasteiger partial charge in [0, 0.05) is 0 Å². The van der Waals surface area contributed by atoms with Gasteiger partial charge in [0.05, 0.1) is 12.7 Å². The van der Waals surface area contributed by atoms with Crippen molar-refractivity contribution in [1.29, 1.82) is 0 Å². The number of rotatable bonds is 34. The van der Waals surface area contributed by atoms with Crippen LogP contribution < -0.4 is 34.7 Å². The molecule has 0 rings (SSSR count). The number of aliphatic imine (C=N–C) groups is 1. The van der Waals surface area contributed by atoms with E-state index in [1.807, 2.05) is 6.08 Å². The van der Waals surface area contributed by atoms with Crippen molar-refractivity contribution in [3.05, 3.63) is 12.2 Å². The summed E-state index contributed by atoms with van der Waals surface area (Å²) in [5.74, 6) is -0.374. The number of allylic oxidation sites excluding steroid dienone is 1. The summed E-state index contributed by atoms with van der Waals surface area (Å²) in [5, 5.41) is 23.0. The number of unbranched alkanes of at least 4 members (excludes halogenated alkanes) is 25. The second kappa shape index (κ2) is 35.3. The van der Waals surface area contributed by atoms with Crippen LogP contribution >= 0.6 is 0 Å². The van der Waals surface area contributed by atoms with Crippen LogP contribution in [0.4, 0.5) is 0 Å². The van der Waals surface area contributed by atoms with Crippen LogP contribution in [-0.2, 0) is 14.6 Å². The summed E-state index contributed by atoms with van der Waals surface area (Å²) in [7, 11) is -4.69. The first-order chi connectivity index (χ1) is 21.3. The molecule has 0 radical (unpaired) electrons. The molecule has 0 aliphatic rings. The van der Waals surface area contributed by atoms with Gasteiger partial charge in [0.15, 0.2) is 0 Å². The molecule has 0 unspecified atom stereocenters. The van der Waals surface area contributed by atoms with Gasteiger partial charge in [-0.25, -0.2) is 4.18 Å². The van der Waals surface area contributed by atoms with E-state index in [0.29, 0.717) is 0 Å². The van der Waals surface area contributed by atoms with E-state index in [4.69, 9.17) is 4.55 Å². The molecule has 0 amide bonds. The van der Waals surface area contributed by atoms with Crippen molar-refractivity contribution in [3.63, 3.8) is 0 Å². The average Bonchev–Trinajstić information content (AvgIpc) is 2.99. The predicted molar refractivity (Wildman–Crippen MR) is 184 cm³/mol. The first kappa shape index (κ1) is 47.2. The molecule has 2 N–H and O–H groups in total. The smallest absolute Gasteiger partial charge is 0.862 e. The zero-order valence-corrected chi connectivity index (χ0v) is 32.5. The third kappa shape index (κ3) is 36.7. The molecule has 0 heterocycles. The average molecular weight is 668 g/mol. The minimum atomic E-state index is -4.69. The molecule has 0 aromatic carbocycles. The van der Waals surface area contributed by atoms with Crippen LogP contribution in [0.15, 0.2) is 17.1 Å². The van der Waals surface area contributed by atoms with Gasteiger partial charge in [-0.3, -0.25) is 9.55 Å². The maximum Gasteiger partial charge on any atom is 1.00 e. The topological polar surface area (TPSA) is 119 Å². The van der Waals surface area contributed by atoms with Crippen molar-refractivity contribution in [2.45, 2.75) is 206 Å². The molecule has 9 heteroatoms. The van der Waals surface area contributed by atoms with Gasteiger partial charge in [-0.05, 0) is 31.6 Å². The predicted octanol–water partition coefficient (Wildman–Crippen LogP) is 6.82. The minimum Gasteiger partial charge on any atom is -0.862 e. The first-order valence-electron chi connectivity index (χ1n) is 18.5. The standard InChI is InChI=1S/C36H71NO6S.Na/c1-3-5-7-9-11-13-15-17-18-20-22-24-26-28-30-32-36(39)37-34(33-43-44(40,41)42)35(38)31-29-27-25-23-21-19-16-14-12-10-8-6-4-2;/h29,31,34-35,38H,3-28,30,32-33H2,1-2H3,(H,37,39)(H,40,41,42);/q;+1/p-1/b31-29+;/t34-,35+;/m0./s1. The summed E-state index contributed by atoms with van der Waals surface area (Å²) >= 11 is 0. The zero-order valence-electron chi connectivity index (χ0n) is 29.7. The second-order valence-electron chi connectivity index (χ2n) is 12.7. The van der Waals surface area contributed by atoms with Gasteiger partial charge in [-0.2, -0.15) is 8.42 Å². The molecule has 0 fully saturated rings. The quantitative estimate of drug-likeness (QED) is 0.0194. The maximum absolute atomic E-state index is 12.4. The largest absolute Gasteiger partial charge is 1.00 e. The summed E-state index contributed by atoms with van der Waals surface area (Å²) in [6, 6.07) is -1.07. The summed E-state index contributed by atoms with van der Waals surface area (Å²) in [5.41, 5.74) is 0. The SMILES string of the molecule is CCCCCCCCCCCCC/C=C/[C@@H](O)[C@H](COS(=O)(=O)O)N=C([O-])CCCCCCCCCCCCCCCCC.[Na+]. The van der Waals surface area contributed by atoms with Crippen molar-refractivity contribution < 1.29 is 56.9 Å². The van der Waals surface area contributed by atoms with Crippen LogP contribution in [-0.4, -0.2) is 42.7 Å². The molecule has 0 aliphatic heterocycles. The number of aliphatic hydroxyl groups is 1. The van der Waals surface area contributed by atoms with E-state index in [9.17, 15) is 18.6 Å². The molecule has 0 bridgehead atoms. The third-order valence-corrected chi connectivity index (χ3v) is 8.83. The van der Waals surface area contributed by atoms with E-state index in [0.717, 1.165) is 38.5 Å². The third-order valence-electron chi connectivity index (χ3n) is 8.39. The summed E-state index contributed by atoms with van der Waals surface area (Å²) in [4.78, 5) is 4.02. The Bertz CT molecular complexity index is 778. The van der Waals surface area contributed by atoms with Crippen LogP contribution in [0.3, 0.4) is 0 Å². The Morgan fingerprint density at radius 1 is 0.667 bits per heavy atom. The second-order valence-corrected chi connectivity index (χ2v) is 13.8. The molecule has 0 aromatic rings. The summed E-state index contributed by atoms with van der Waals surface area (Å²) < 4.78 is 35.5. The summed E-state index contributed by atoms with van der Waals surface area (Å²) in [6.07, 6.45) is 35.9. The molecule has 2 atom stereocenters.